The fourth-order valence-corrected chi connectivity index (χ4v) is 2.21. The van der Waals surface area contributed by atoms with Crippen LogP contribution in [0.2, 0.25) is 0 Å². The average Bonchev–Trinajstić information content (AvgIpc) is 2.84. The van der Waals surface area contributed by atoms with Crippen molar-refractivity contribution >= 4 is 5.91 Å². The van der Waals surface area contributed by atoms with Gasteiger partial charge < -0.3 is 15.2 Å². The summed E-state index contributed by atoms with van der Waals surface area (Å²) in [6.07, 6.45) is 3.70. The molecular weight excluding hydrogens is 230 g/mol. The predicted molar refractivity (Wildman–Crippen MR) is 67.7 cm³/mol. The van der Waals surface area contributed by atoms with E-state index in [1.165, 1.54) is 0 Å². The molecule has 0 saturated carbocycles. The molecule has 1 aromatic heterocycles. The van der Waals surface area contributed by atoms with E-state index in [2.05, 4.69) is 27.8 Å². The van der Waals surface area contributed by atoms with Crippen molar-refractivity contribution < 1.29 is 4.79 Å². The van der Waals surface area contributed by atoms with Crippen LogP contribution in [0.25, 0.3) is 0 Å². The zero-order valence-electron chi connectivity index (χ0n) is 11.0. The second-order valence-electron chi connectivity index (χ2n) is 4.83. The molecule has 0 bridgehead atoms. The van der Waals surface area contributed by atoms with Crippen molar-refractivity contribution in [3.05, 3.63) is 12.2 Å². The van der Waals surface area contributed by atoms with Gasteiger partial charge in [-0.1, -0.05) is 0 Å². The molecule has 1 aliphatic heterocycles. The molecule has 18 heavy (non-hydrogen) atoms. The van der Waals surface area contributed by atoms with Crippen LogP contribution in [0, 0.1) is 5.92 Å². The highest BCUT2D eigenvalue weighted by Crippen LogP contribution is 2.14. The number of hydrogen-bond donors (Lipinski definition) is 2. The lowest BCUT2D eigenvalue weighted by Crippen LogP contribution is -2.44. The van der Waals surface area contributed by atoms with Crippen LogP contribution in [0.5, 0.6) is 0 Å². The first-order valence-corrected chi connectivity index (χ1v) is 6.58. The summed E-state index contributed by atoms with van der Waals surface area (Å²) in [6.45, 7) is 6.23. The van der Waals surface area contributed by atoms with Crippen LogP contribution in [-0.4, -0.2) is 33.3 Å². The average molecular weight is 251 g/mol. The summed E-state index contributed by atoms with van der Waals surface area (Å²) >= 11 is 0. The quantitative estimate of drug-likeness (QED) is 0.807. The number of piperidine rings is 1. The van der Waals surface area contributed by atoms with Crippen LogP contribution in [0.15, 0.2) is 6.33 Å². The third-order valence-corrected chi connectivity index (χ3v) is 3.49. The van der Waals surface area contributed by atoms with Crippen molar-refractivity contribution in [1.82, 2.24) is 25.4 Å². The monoisotopic (exact) mass is 251 g/mol. The number of rotatable bonds is 4. The Labute approximate surface area is 107 Å². The molecule has 2 rings (SSSR count). The number of carbonyl (C=O) groups excluding carboxylic acids is 1. The summed E-state index contributed by atoms with van der Waals surface area (Å²) in [4.78, 5) is 12.0. The molecule has 1 saturated heterocycles. The van der Waals surface area contributed by atoms with E-state index < -0.39 is 0 Å². The molecule has 2 atom stereocenters. The number of nitrogens with one attached hydrogen (secondary N) is 2. The van der Waals surface area contributed by atoms with Gasteiger partial charge in [0.25, 0.3) is 0 Å². The third-order valence-electron chi connectivity index (χ3n) is 3.49. The fourth-order valence-electron chi connectivity index (χ4n) is 2.21. The minimum absolute atomic E-state index is 0.0826. The van der Waals surface area contributed by atoms with Gasteiger partial charge in [0, 0.05) is 19.1 Å². The molecule has 2 unspecified atom stereocenters. The lowest BCUT2D eigenvalue weighted by molar-refractivity contribution is -0.125. The van der Waals surface area contributed by atoms with Gasteiger partial charge in [-0.2, -0.15) is 0 Å². The first-order chi connectivity index (χ1) is 8.70. The van der Waals surface area contributed by atoms with Crippen LogP contribution in [-0.2, 0) is 17.9 Å². The van der Waals surface area contributed by atoms with Crippen molar-refractivity contribution in [3.63, 3.8) is 0 Å². The van der Waals surface area contributed by atoms with Gasteiger partial charge in [0.15, 0.2) is 5.82 Å². The van der Waals surface area contributed by atoms with Gasteiger partial charge in [-0.25, -0.2) is 0 Å². The van der Waals surface area contributed by atoms with Gasteiger partial charge in [-0.15, -0.1) is 10.2 Å². The molecule has 1 aromatic rings. The number of nitrogens with zero attached hydrogens (tertiary/aromatic N) is 3. The Kier molecular flexibility index (Phi) is 4.30. The molecule has 1 fully saturated rings. The number of aryl methyl sites for hydroxylation is 1. The number of hydrogen-bond acceptors (Lipinski definition) is 4. The second kappa shape index (κ2) is 5.95. The standard InChI is InChI=1S/C12H21N5O/c1-3-17-8-15-16-11(17)7-14-12(18)10-5-4-9(2)13-6-10/h8-10,13H,3-7H2,1-2H3,(H,14,18). The Morgan fingerprint density at radius 3 is 3.11 bits per heavy atom. The van der Waals surface area contributed by atoms with Crippen molar-refractivity contribution in [2.75, 3.05) is 6.54 Å². The highest BCUT2D eigenvalue weighted by molar-refractivity contribution is 5.78. The second-order valence-corrected chi connectivity index (χ2v) is 4.83. The molecule has 0 spiro atoms. The van der Waals surface area contributed by atoms with E-state index >= 15 is 0 Å². The van der Waals surface area contributed by atoms with Crippen molar-refractivity contribution in [1.29, 1.82) is 0 Å². The summed E-state index contributed by atoms with van der Waals surface area (Å²) in [7, 11) is 0. The molecule has 2 N–H and O–H groups in total. The molecule has 0 aromatic carbocycles. The first-order valence-electron chi connectivity index (χ1n) is 6.58. The summed E-state index contributed by atoms with van der Waals surface area (Å²) in [5, 5.41) is 14.1. The highest BCUT2D eigenvalue weighted by Gasteiger charge is 2.23. The minimum Gasteiger partial charge on any atom is -0.349 e. The van der Waals surface area contributed by atoms with Crippen molar-refractivity contribution in [2.45, 2.75) is 45.8 Å². The van der Waals surface area contributed by atoms with E-state index in [1.54, 1.807) is 6.33 Å². The van der Waals surface area contributed by atoms with E-state index in [4.69, 9.17) is 0 Å². The van der Waals surface area contributed by atoms with Gasteiger partial charge >= 0.3 is 0 Å². The van der Waals surface area contributed by atoms with Crippen LogP contribution in [0.1, 0.15) is 32.5 Å². The summed E-state index contributed by atoms with van der Waals surface area (Å²) < 4.78 is 1.93. The molecule has 6 heteroatoms. The van der Waals surface area contributed by atoms with Crippen LogP contribution >= 0.6 is 0 Å². The maximum absolute atomic E-state index is 12.0. The summed E-state index contributed by atoms with van der Waals surface area (Å²) in [5.74, 6) is 1.00. The van der Waals surface area contributed by atoms with Gasteiger partial charge in [-0.05, 0) is 26.7 Å². The Morgan fingerprint density at radius 1 is 1.61 bits per heavy atom. The first kappa shape index (κ1) is 13.0. The minimum atomic E-state index is 0.0826. The Hall–Kier alpha value is -1.43. The van der Waals surface area contributed by atoms with E-state index in [1.807, 2.05) is 11.5 Å². The molecule has 0 radical (unpaired) electrons. The number of carbonyl (C=O) groups is 1. The van der Waals surface area contributed by atoms with Crippen LogP contribution in [0.3, 0.4) is 0 Å². The van der Waals surface area contributed by atoms with Crippen molar-refractivity contribution in [3.8, 4) is 0 Å². The van der Waals surface area contributed by atoms with Crippen LogP contribution in [0.4, 0.5) is 0 Å². The fraction of sp³-hybridized carbons (Fsp3) is 0.750. The number of aromatic nitrogens is 3. The largest absolute Gasteiger partial charge is 0.349 e. The molecule has 6 nitrogen and oxygen atoms in total. The highest BCUT2D eigenvalue weighted by atomic mass is 16.1. The molecule has 1 amide bonds. The molecule has 1 aliphatic rings. The van der Waals surface area contributed by atoms with E-state index in [9.17, 15) is 4.79 Å². The lowest BCUT2D eigenvalue weighted by atomic mass is 9.95. The third kappa shape index (κ3) is 3.07. The summed E-state index contributed by atoms with van der Waals surface area (Å²) in [6, 6.07) is 0.525. The topological polar surface area (TPSA) is 71.8 Å². The number of amides is 1. The smallest absolute Gasteiger partial charge is 0.224 e. The molecule has 2 heterocycles. The Balaban J connectivity index is 1.81. The maximum Gasteiger partial charge on any atom is 0.224 e. The Bertz CT molecular complexity index is 395. The SMILES string of the molecule is CCn1cnnc1CNC(=O)C1CCC(C)NC1. The molecular formula is C12H21N5O. The van der Waals surface area contributed by atoms with E-state index in [-0.39, 0.29) is 11.8 Å². The molecule has 0 aliphatic carbocycles. The van der Waals surface area contributed by atoms with E-state index in [0.29, 0.717) is 12.6 Å². The normalized spacial score (nSPS) is 23.9. The molecule has 100 valence electrons. The van der Waals surface area contributed by atoms with Gasteiger partial charge in [-0.3, -0.25) is 4.79 Å². The zero-order chi connectivity index (χ0) is 13.0. The van der Waals surface area contributed by atoms with E-state index in [0.717, 1.165) is 31.8 Å². The van der Waals surface area contributed by atoms with Gasteiger partial charge in [0.1, 0.15) is 6.33 Å². The Morgan fingerprint density at radius 2 is 2.44 bits per heavy atom. The lowest BCUT2D eigenvalue weighted by Gasteiger charge is -2.26. The maximum atomic E-state index is 12.0. The van der Waals surface area contributed by atoms with Gasteiger partial charge in [0.2, 0.25) is 5.91 Å². The predicted octanol–water partition coefficient (Wildman–Crippen LogP) is 0.302. The van der Waals surface area contributed by atoms with Gasteiger partial charge in [0.05, 0.1) is 12.5 Å². The summed E-state index contributed by atoms with van der Waals surface area (Å²) in [5.41, 5.74) is 0. The van der Waals surface area contributed by atoms with Crippen LogP contribution < -0.4 is 10.6 Å². The zero-order valence-corrected chi connectivity index (χ0v) is 11.0. The van der Waals surface area contributed by atoms with Crippen molar-refractivity contribution in [2.24, 2.45) is 5.92 Å².